The van der Waals surface area contributed by atoms with E-state index in [9.17, 15) is 0 Å². The predicted octanol–water partition coefficient (Wildman–Crippen LogP) is 21.7. The maximum Gasteiger partial charge on any atom is 0.268 e. The molecule has 0 saturated heterocycles. The zero-order valence-electron chi connectivity index (χ0n) is 58.8. The van der Waals surface area contributed by atoms with Gasteiger partial charge in [0.1, 0.15) is 17.0 Å². The summed E-state index contributed by atoms with van der Waals surface area (Å²) in [4.78, 5) is 4.93. The van der Waals surface area contributed by atoms with Crippen molar-refractivity contribution in [3.8, 4) is 84.3 Å². The number of rotatable bonds is 6. The molecule has 1 aliphatic heterocycles. The van der Waals surface area contributed by atoms with E-state index in [1.165, 1.54) is 23.3 Å². The Morgan fingerprint density at radius 2 is 1.18 bits per heavy atom. The number of nitrogens with zero attached hydrogens (tertiary/aromatic N) is 4. The molecule has 7 heteroatoms. The first kappa shape index (κ1) is 51.6. The second-order valence-electron chi connectivity index (χ2n) is 28.2. The van der Waals surface area contributed by atoms with Crippen molar-refractivity contribution in [2.45, 2.75) is 117 Å². The molecule has 0 fully saturated rings. The SMILES string of the molecule is [2H]C([2H])([2H])c1cccc(C([2H])([2H])[2H])c1-c1cc2c3c(c1)n(-c1[c-]c(Oc4[c-]c5c(cc4)c4ccccc4n5-c4cc(C(C)(C)C)ccn4)ccc1)[c-][n+]3-c1c(-c3ccc4oc5ccccc5c4c3)cc(C(C)(C)C)cc1-c1cc3c(cc1-c1ccccc1-2)C(C)(C)CCC3(C)C.[Pt]. The van der Waals surface area contributed by atoms with Gasteiger partial charge in [0.05, 0.1) is 16.7 Å². The molecule has 0 spiro atoms. The Morgan fingerprint density at radius 3 is 1.91 bits per heavy atom. The number of para-hydroxylation sites is 2. The van der Waals surface area contributed by atoms with E-state index < -0.39 is 13.7 Å². The van der Waals surface area contributed by atoms with E-state index in [0.29, 0.717) is 28.3 Å². The van der Waals surface area contributed by atoms with Crippen LogP contribution in [0.2, 0.25) is 0 Å². The molecular weight excluding hydrogens is 1290 g/mol. The van der Waals surface area contributed by atoms with Crippen LogP contribution in [-0.4, -0.2) is 14.1 Å². The second kappa shape index (κ2) is 21.0. The summed E-state index contributed by atoms with van der Waals surface area (Å²) >= 11 is 0. The summed E-state index contributed by atoms with van der Waals surface area (Å²) < 4.78 is 74.1. The Hall–Kier alpha value is -9.09. The first-order valence-electron chi connectivity index (χ1n) is 34.3. The van der Waals surface area contributed by atoms with Crippen molar-refractivity contribution in [3.05, 3.63) is 246 Å². The third-order valence-electron chi connectivity index (χ3n) is 19.4. The van der Waals surface area contributed by atoms with Gasteiger partial charge in [0.15, 0.2) is 0 Å². The molecule has 0 atom stereocenters. The van der Waals surface area contributed by atoms with Crippen LogP contribution in [0.5, 0.6) is 11.5 Å². The maximum atomic E-state index is 9.05. The summed E-state index contributed by atoms with van der Waals surface area (Å²) in [5.74, 6) is 1.65. The average molecular weight is 1370 g/mol. The predicted molar refractivity (Wildman–Crippen MR) is 370 cm³/mol. The number of aryl methyl sites for hydroxylation is 2. The smallest absolute Gasteiger partial charge is 0.268 e. The van der Waals surface area contributed by atoms with Gasteiger partial charge in [-0.05, 0) is 197 Å². The van der Waals surface area contributed by atoms with Gasteiger partial charge < -0.3 is 18.3 Å². The minimum Gasteiger partial charge on any atom is -0.510 e. The van der Waals surface area contributed by atoms with Crippen LogP contribution in [0.25, 0.3) is 128 Å². The molecule has 452 valence electrons. The molecule has 0 saturated carbocycles. The van der Waals surface area contributed by atoms with E-state index in [1.54, 1.807) is 6.07 Å². The molecule has 10 aromatic carbocycles. The van der Waals surface area contributed by atoms with Gasteiger partial charge in [-0.15, -0.1) is 29.7 Å². The summed E-state index contributed by atoms with van der Waals surface area (Å²) in [6, 6.07) is 71.1. The molecule has 0 N–H and O–H groups in total. The second-order valence-corrected chi connectivity index (χ2v) is 28.2. The van der Waals surface area contributed by atoms with Gasteiger partial charge in [0, 0.05) is 63.3 Å². The number of pyridine rings is 1. The Kier molecular flexibility index (Phi) is 11.9. The van der Waals surface area contributed by atoms with E-state index in [0.717, 1.165) is 129 Å². The molecular formula is C84H72N4O2Pt-2. The van der Waals surface area contributed by atoms with E-state index in [-0.39, 0.29) is 59.4 Å². The van der Waals surface area contributed by atoms with Gasteiger partial charge in [-0.1, -0.05) is 184 Å². The van der Waals surface area contributed by atoms with Crippen molar-refractivity contribution < 1.29 is 43.0 Å². The normalized spacial score (nSPS) is 15.4. The van der Waals surface area contributed by atoms with Gasteiger partial charge in [-0.25, -0.2) is 4.98 Å². The van der Waals surface area contributed by atoms with Crippen molar-refractivity contribution >= 4 is 54.8 Å². The number of hydrogen-bond acceptors (Lipinski definition) is 3. The Morgan fingerprint density at radius 1 is 0.527 bits per heavy atom. The first-order chi connectivity index (χ1) is 45.6. The zero-order chi connectivity index (χ0) is 66.9. The standard InChI is InChI=1S/C84H72N4O2.Pt/c1-50-21-19-22-51(2)78(50)53-40-68-60-26-14-13-25-59(60)65-47-70-71(84(11,12)37-36-83(70,9)10)48-66(65)69-43-55(82(6,7)8)42-64(52-31-34-76-67(39-52)63-28-16-18-30-75(63)90-76)79(69)87-49-86(74(41-53)80(68)87)56-23-20-24-57(45-56)89-58-32-33-62-61-27-15-17-29-72(61)88(73(62)46-58)77-44-54(35-38-85-77)81(3,4)5;/h13-35,38-44,47-48H,36-37H2,1-12H3;/q-2;/i1D3,2D3;. The van der Waals surface area contributed by atoms with Crippen LogP contribution in [0, 0.1) is 32.2 Å². The summed E-state index contributed by atoms with van der Waals surface area (Å²) in [5.41, 5.74) is 18.4. The van der Waals surface area contributed by atoms with Crippen LogP contribution in [0.1, 0.15) is 124 Å². The molecule has 5 heterocycles. The van der Waals surface area contributed by atoms with E-state index in [4.69, 9.17) is 22.4 Å². The molecule has 2 aliphatic rings. The van der Waals surface area contributed by atoms with E-state index in [1.807, 2.05) is 77.5 Å². The van der Waals surface area contributed by atoms with Crippen molar-refractivity contribution in [2.75, 3.05) is 0 Å². The fraction of sp³-hybridized carbons (Fsp3) is 0.214. The van der Waals surface area contributed by atoms with Crippen LogP contribution in [-0.2, 0) is 42.7 Å². The fourth-order valence-corrected chi connectivity index (χ4v) is 14.4. The zero-order valence-corrected chi connectivity index (χ0v) is 55.1. The van der Waals surface area contributed by atoms with E-state index in [2.05, 4.69) is 200 Å². The van der Waals surface area contributed by atoms with Gasteiger partial charge in [0.25, 0.3) is 6.33 Å². The molecule has 91 heavy (non-hydrogen) atoms. The monoisotopic (exact) mass is 1370 g/mol. The Bertz CT molecular complexity index is 5560. The van der Waals surface area contributed by atoms with Crippen LogP contribution in [0.4, 0.5) is 0 Å². The summed E-state index contributed by atoms with van der Waals surface area (Å²) in [5, 5.41) is 4.07. The quantitative estimate of drug-likeness (QED) is 0.123. The molecule has 0 amide bonds. The van der Waals surface area contributed by atoms with Gasteiger partial charge in [0.2, 0.25) is 0 Å². The van der Waals surface area contributed by atoms with Gasteiger partial charge in [-0.3, -0.25) is 4.57 Å². The molecule has 16 rings (SSSR count). The average Bonchev–Trinajstić information content (AvgIpc) is 1.65. The summed E-state index contributed by atoms with van der Waals surface area (Å²) in [6.07, 6.45) is 7.90. The summed E-state index contributed by atoms with van der Waals surface area (Å²) in [6.45, 7) is 17.5. The number of aromatic nitrogens is 4. The van der Waals surface area contributed by atoms with Crippen molar-refractivity contribution in [1.82, 2.24) is 14.1 Å². The largest absolute Gasteiger partial charge is 0.510 e. The molecule has 0 radical (unpaired) electrons. The maximum absolute atomic E-state index is 9.05. The molecule has 0 bridgehead atoms. The minimum absolute atomic E-state index is 0. The van der Waals surface area contributed by atoms with Crippen molar-refractivity contribution in [1.29, 1.82) is 0 Å². The molecule has 1 aliphatic carbocycles. The number of ether oxygens (including phenoxy) is 1. The van der Waals surface area contributed by atoms with Crippen LogP contribution in [0.3, 0.4) is 0 Å². The van der Waals surface area contributed by atoms with Crippen LogP contribution < -0.4 is 9.30 Å². The Labute approximate surface area is 556 Å². The number of fused-ring (bicyclic) bond motifs is 14. The van der Waals surface area contributed by atoms with E-state index >= 15 is 0 Å². The topological polar surface area (TPSA) is 49.0 Å². The minimum atomic E-state index is -2.69. The van der Waals surface area contributed by atoms with Gasteiger partial charge >= 0.3 is 0 Å². The van der Waals surface area contributed by atoms with Gasteiger partial charge in [-0.2, -0.15) is 18.2 Å². The van der Waals surface area contributed by atoms with Crippen LogP contribution in [0.15, 0.2) is 199 Å². The van der Waals surface area contributed by atoms with Crippen molar-refractivity contribution in [3.63, 3.8) is 0 Å². The number of furan rings is 1. The third-order valence-corrected chi connectivity index (χ3v) is 19.4. The molecule has 6 nitrogen and oxygen atoms in total. The van der Waals surface area contributed by atoms with Crippen molar-refractivity contribution in [2.24, 2.45) is 0 Å². The summed E-state index contributed by atoms with van der Waals surface area (Å²) in [7, 11) is 0. The number of hydrogen-bond donors (Lipinski definition) is 0. The van der Waals surface area contributed by atoms with Crippen LogP contribution >= 0.6 is 0 Å². The Balaban J connectivity index is 0.00000770. The molecule has 0 unspecified atom stereocenters. The number of imidazole rings is 1. The first-order valence-corrected chi connectivity index (χ1v) is 31.3. The number of benzene rings is 10. The fourth-order valence-electron chi connectivity index (χ4n) is 14.4. The molecule has 14 aromatic rings. The third kappa shape index (κ3) is 9.45. The molecule has 4 aromatic heterocycles.